The van der Waals surface area contributed by atoms with E-state index in [1.807, 2.05) is 57.2 Å². The molecule has 0 unspecified atom stereocenters. The summed E-state index contributed by atoms with van der Waals surface area (Å²) in [5, 5.41) is 10.6. The molecule has 0 spiro atoms. The van der Waals surface area contributed by atoms with Gasteiger partial charge in [-0.1, -0.05) is 30.3 Å². The van der Waals surface area contributed by atoms with Gasteiger partial charge in [0, 0.05) is 12.2 Å². The lowest BCUT2D eigenvalue weighted by Gasteiger charge is -2.33. The molecule has 7 heteroatoms. The van der Waals surface area contributed by atoms with Crippen LogP contribution in [0.15, 0.2) is 60.7 Å². The van der Waals surface area contributed by atoms with Gasteiger partial charge in [0.1, 0.15) is 30.0 Å². The summed E-state index contributed by atoms with van der Waals surface area (Å²) in [6.07, 6.45) is 1.64. The van der Waals surface area contributed by atoms with Gasteiger partial charge in [0.05, 0.1) is 0 Å². The fourth-order valence-corrected chi connectivity index (χ4v) is 4.72. The Kier molecular flexibility index (Phi) is 11.4. The van der Waals surface area contributed by atoms with Crippen LogP contribution in [0.2, 0.25) is 0 Å². The van der Waals surface area contributed by atoms with Crippen LogP contribution < -0.4 is 15.2 Å². The summed E-state index contributed by atoms with van der Waals surface area (Å²) < 4.78 is 11.9. The summed E-state index contributed by atoms with van der Waals surface area (Å²) in [4.78, 5) is 2.34. The van der Waals surface area contributed by atoms with Crippen LogP contribution in [0.25, 0.3) is 0 Å². The van der Waals surface area contributed by atoms with Crippen molar-refractivity contribution in [2.45, 2.75) is 45.6 Å². The Bertz CT molecular complexity index is 1090. The minimum absolute atomic E-state index is 0. The summed E-state index contributed by atoms with van der Waals surface area (Å²) in [6, 6.07) is 20.3. The van der Waals surface area contributed by atoms with E-state index in [-0.39, 0.29) is 31.4 Å². The monoisotopic (exact) mass is 532 g/mol. The molecule has 0 radical (unpaired) electrons. The van der Waals surface area contributed by atoms with E-state index >= 15 is 0 Å². The highest BCUT2D eigenvalue weighted by Crippen LogP contribution is 2.32. The molecular formula is C29H38Cl2N2O3. The number of nitrogen functional groups attached to an aromatic ring is 1. The molecule has 3 N–H and O–H groups in total. The number of piperidine rings is 1. The maximum atomic E-state index is 10.6. The van der Waals surface area contributed by atoms with E-state index in [2.05, 4.69) is 29.2 Å². The zero-order valence-corrected chi connectivity index (χ0v) is 22.9. The highest BCUT2D eigenvalue weighted by Gasteiger charge is 2.23. The predicted molar refractivity (Wildman–Crippen MR) is 152 cm³/mol. The molecule has 0 aliphatic carbocycles. The second-order valence-electron chi connectivity index (χ2n) is 9.39. The summed E-state index contributed by atoms with van der Waals surface area (Å²) >= 11 is 0. The smallest absolute Gasteiger partial charge is 0.127 e. The van der Waals surface area contributed by atoms with E-state index in [1.165, 1.54) is 5.56 Å². The van der Waals surface area contributed by atoms with Gasteiger partial charge >= 0.3 is 0 Å². The van der Waals surface area contributed by atoms with Crippen LogP contribution >= 0.6 is 24.8 Å². The second-order valence-corrected chi connectivity index (χ2v) is 9.39. The van der Waals surface area contributed by atoms with Crippen molar-refractivity contribution < 1.29 is 14.6 Å². The molecule has 1 aliphatic heterocycles. The summed E-state index contributed by atoms with van der Waals surface area (Å²) in [5.74, 6) is 3.09. The first kappa shape index (κ1) is 29.8. The first-order chi connectivity index (χ1) is 16.4. The van der Waals surface area contributed by atoms with Gasteiger partial charge in [-0.25, -0.2) is 0 Å². The molecule has 1 heterocycles. The molecule has 3 aromatic carbocycles. The standard InChI is InChI=1S/C29H36N2O3.2ClH/c1-20-17-28(30)21(2)22(3)29(20)33-19-25(32)18-31-15-13-24(14-16-31)23-9-11-27(12-10-23)34-26-7-5-4-6-8-26;;/h4-12,17,24-25,32H,13-16,18-19,30H2,1-3H3;2*1H/t25-;;/m0../s1. The number of anilines is 1. The lowest BCUT2D eigenvalue weighted by atomic mass is 9.89. The first-order valence-electron chi connectivity index (χ1n) is 12.1. The number of hydrogen-bond acceptors (Lipinski definition) is 5. The van der Waals surface area contributed by atoms with Crippen molar-refractivity contribution in [2.75, 3.05) is 32.0 Å². The van der Waals surface area contributed by atoms with Crippen LogP contribution in [0.5, 0.6) is 17.2 Å². The number of aryl methyl sites for hydroxylation is 1. The van der Waals surface area contributed by atoms with Crippen LogP contribution in [0.3, 0.4) is 0 Å². The number of ether oxygens (including phenoxy) is 2. The topological polar surface area (TPSA) is 68.0 Å². The Labute approximate surface area is 227 Å². The van der Waals surface area contributed by atoms with Crippen molar-refractivity contribution >= 4 is 30.5 Å². The normalized spacial score (nSPS) is 14.9. The molecule has 1 fully saturated rings. The molecule has 3 aromatic rings. The lowest BCUT2D eigenvalue weighted by molar-refractivity contribution is 0.0590. The highest BCUT2D eigenvalue weighted by molar-refractivity contribution is 5.85. The van der Waals surface area contributed by atoms with Crippen LogP contribution in [-0.2, 0) is 0 Å². The fourth-order valence-electron chi connectivity index (χ4n) is 4.72. The maximum absolute atomic E-state index is 10.6. The third-order valence-corrected chi connectivity index (χ3v) is 6.87. The van der Waals surface area contributed by atoms with Crippen LogP contribution in [0.4, 0.5) is 5.69 Å². The van der Waals surface area contributed by atoms with Crippen molar-refractivity contribution in [3.63, 3.8) is 0 Å². The summed E-state index contributed by atoms with van der Waals surface area (Å²) in [7, 11) is 0. The number of halogens is 2. The van der Waals surface area contributed by atoms with E-state index in [9.17, 15) is 5.11 Å². The van der Waals surface area contributed by atoms with Crippen LogP contribution in [-0.4, -0.2) is 42.4 Å². The van der Waals surface area contributed by atoms with Gasteiger partial charge in [0.2, 0.25) is 0 Å². The Balaban J connectivity index is 0.00000228. The molecule has 5 nitrogen and oxygen atoms in total. The quantitative estimate of drug-likeness (QED) is 0.326. The van der Waals surface area contributed by atoms with Gasteiger partial charge < -0.3 is 25.2 Å². The highest BCUT2D eigenvalue weighted by atomic mass is 35.5. The van der Waals surface area contributed by atoms with E-state index in [0.717, 1.165) is 65.6 Å². The van der Waals surface area contributed by atoms with Crippen molar-refractivity contribution in [3.8, 4) is 17.2 Å². The zero-order chi connectivity index (χ0) is 24.1. The molecule has 1 atom stereocenters. The average molecular weight is 534 g/mol. The third kappa shape index (κ3) is 7.53. The number of aliphatic hydroxyl groups is 1. The minimum atomic E-state index is -0.525. The number of benzene rings is 3. The Hall–Kier alpha value is -2.44. The zero-order valence-electron chi connectivity index (χ0n) is 21.3. The molecule has 36 heavy (non-hydrogen) atoms. The molecule has 0 bridgehead atoms. The third-order valence-electron chi connectivity index (χ3n) is 6.87. The number of hydrogen-bond donors (Lipinski definition) is 2. The predicted octanol–water partition coefficient (Wildman–Crippen LogP) is 6.45. The Morgan fingerprint density at radius 3 is 2.17 bits per heavy atom. The van der Waals surface area contributed by atoms with E-state index in [0.29, 0.717) is 12.5 Å². The molecule has 0 amide bonds. The van der Waals surface area contributed by atoms with Gasteiger partial charge in [-0.3, -0.25) is 0 Å². The minimum Gasteiger partial charge on any atom is -0.490 e. The number of aliphatic hydroxyl groups excluding tert-OH is 1. The number of likely N-dealkylation sites (tertiary alicyclic amines) is 1. The summed E-state index contributed by atoms with van der Waals surface area (Å²) in [5.41, 5.74) is 11.3. The molecule has 1 aliphatic rings. The first-order valence-corrected chi connectivity index (χ1v) is 12.1. The van der Waals surface area contributed by atoms with Gasteiger partial charge in [-0.05, 0) is 105 Å². The molecule has 0 saturated carbocycles. The molecule has 0 aromatic heterocycles. The molecule has 196 valence electrons. The van der Waals surface area contributed by atoms with Crippen LogP contribution in [0, 0.1) is 20.8 Å². The van der Waals surface area contributed by atoms with Gasteiger partial charge in [-0.2, -0.15) is 0 Å². The van der Waals surface area contributed by atoms with Gasteiger partial charge in [0.15, 0.2) is 0 Å². The number of β-amino-alcohol motifs (C(OH)–C–C–N with tert-alkyl or cyclic N) is 1. The molecular weight excluding hydrogens is 495 g/mol. The van der Waals surface area contributed by atoms with Crippen molar-refractivity contribution in [1.82, 2.24) is 4.90 Å². The Morgan fingerprint density at radius 1 is 0.917 bits per heavy atom. The largest absolute Gasteiger partial charge is 0.490 e. The van der Waals surface area contributed by atoms with Crippen molar-refractivity contribution in [2.24, 2.45) is 0 Å². The lowest BCUT2D eigenvalue weighted by Crippen LogP contribution is -2.40. The SMILES string of the molecule is Cc1cc(N)c(C)c(C)c1OC[C@@H](O)CN1CCC(c2ccc(Oc3ccccc3)cc2)CC1.Cl.Cl. The summed E-state index contributed by atoms with van der Waals surface area (Å²) in [6.45, 7) is 8.88. The number of nitrogens with zero attached hydrogens (tertiary/aromatic N) is 1. The van der Waals surface area contributed by atoms with Crippen molar-refractivity contribution in [3.05, 3.63) is 82.9 Å². The number of nitrogens with two attached hydrogens (primary N) is 1. The van der Waals surface area contributed by atoms with E-state index < -0.39 is 6.10 Å². The average Bonchev–Trinajstić information content (AvgIpc) is 2.84. The molecule has 1 saturated heterocycles. The fraction of sp³-hybridized carbons (Fsp3) is 0.379. The second kappa shape index (κ2) is 13.8. The number of rotatable bonds is 8. The van der Waals surface area contributed by atoms with Crippen LogP contribution in [0.1, 0.15) is 41.0 Å². The maximum Gasteiger partial charge on any atom is 0.127 e. The van der Waals surface area contributed by atoms with E-state index in [4.69, 9.17) is 15.2 Å². The Morgan fingerprint density at radius 2 is 1.53 bits per heavy atom. The van der Waals surface area contributed by atoms with Crippen molar-refractivity contribution in [1.29, 1.82) is 0 Å². The van der Waals surface area contributed by atoms with Gasteiger partial charge in [-0.15, -0.1) is 24.8 Å². The van der Waals surface area contributed by atoms with Gasteiger partial charge in [0.25, 0.3) is 0 Å². The number of para-hydroxylation sites is 1. The van der Waals surface area contributed by atoms with E-state index in [1.54, 1.807) is 0 Å². The molecule has 4 rings (SSSR count).